The van der Waals surface area contributed by atoms with E-state index in [9.17, 15) is 0 Å². The van der Waals surface area contributed by atoms with Gasteiger partial charge in [-0.15, -0.1) is 0 Å². The van der Waals surface area contributed by atoms with Gasteiger partial charge in [-0.2, -0.15) is 0 Å². The molecule has 2 N–H and O–H groups in total. The third kappa shape index (κ3) is 1.63. The Balaban J connectivity index is 2.10. The molecule has 0 radical (unpaired) electrons. The average Bonchev–Trinajstić information content (AvgIpc) is 2.26. The van der Waals surface area contributed by atoms with Crippen molar-refractivity contribution in [3.8, 4) is 0 Å². The van der Waals surface area contributed by atoms with E-state index in [-0.39, 0.29) is 10.8 Å². The van der Waals surface area contributed by atoms with Crippen LogP contribution >= 0.6 is 0 Å². The highest BCUT2D eigenvalue weighted by Crippen LogP contribution is 2.58. The minimum atomic E-state index is 0.183. The van der Waals surface area contributed by atoms with Gasteiger partial charge in [0.25, 0.3) is 0 Å². The van der Waals surface area contributed by atoms with Gasteiger partial charge in [0.1, 0.15) is 0 Å². The van der Waals surface area contributed by atoms with Gasteiger partial charge in [0, 0.05) is 5.41 Å². The molecule has 3 rings (SSSR count). The van der Waals surface area contributed by atoms with E-state index >= 15 is 0 Å². The minimum Gasteiger partial charge on any atom is -0.379 e. The topological polar surface area (TPSA) is 35.2 Å². The third-order valence-corrected chi connectivity index (χ3v) is 5.77. The standard InChI is InChI=1S/C17H25NO/c1-12-7-14(3)15(8-13(12)2)17(10-19-11-17)16(9-18)5-4-6-16/h7-8H,4-6,9-11,18H2,1-3H3. The molecule has 1 aromatic carbocycles. The average molecular weight is 259 g/mol. The smallest absolute Gasteiger partial charge is 0.0591 e. The van der Waals surface area contributed by atoms with Crippen LogP contribution < -0.4 is 5.73 Å². The second kappa shape index (κ2) is 4.32. The highest BCUT2D eigenvalue weighted by atomic mass is 16.5. The molecule has 19 heavy (non-hydrogen) atoms. The first-order valence-corrected chi connectivity index (χ1v) is 7.41. The number of hydrogen-bond acceptors (Lipinski definition) is 2. The largest absolute Gasteiger partial charge is 0.379 e. The van der Waals surface area contributed by atoms with Gasteiger partial charge in [0.05, 0.1) is 13.2 Å². The van der Waals surface area contributed by atoms with Crippen molar-refractivity contribution in [3.63, 3.8) is 0 Å². The zero-order valence-corrected chi connectivity index (χ0v) is 12.4. The molecule has 1 saturated carbocycles. The fraction of sp³-hybridized carbons (Fsp3) is 0.647. The SMILES string of the molecule is Cc1cc(C)c(C2(C3(CN)CCC3)COC2)cc1C. The van der Waals surface area contributed by atoms with Gasteiger partial charge in [-0.25, -0.2) is 0 Å². The van der Waals surface area contributed by atoms with E-state index in [1.54, 1.807) is 0 Å². The molecule has 1 aliphatic heterocycles. The van der Waals surface area contributed by atoms with E-state index in [4.69, 9.17) is 10.5 Å². The normalized spacial score (nSPS) is 23.6. The minimum absolute atomic E-state index is 0.183. The molecule has 0 atom stereocenters. The maximum atomic E-state index is 6.16. The first kappa shape index (κ1) is 13.1. The zero-order valence-electron chi connectivity index (χ0n) is 12.4. The summed E-state index contributed by atoms with van der Waals surface area (Å²) in [6.07, 6.45) is 3.85. The van der Waals surface area contributed by atoms with Crippen LogP contribution in [0.15, 0.2) is 12.1 Å². The summed E-state index contributed by atoms with van der Waals surface area (Å²) in [5.74, 6) is 0. The Morgan fingerprint density at radius 2 is 1.68 bits per heavy atom. The molecule has 104 valence electrons. The van der Waals surface area contributed by atoms with Crippen LogP contribution in [0, 0.1) is 26.2 Å². The van der Waals surface area contributed by atoms with Crippen LogP contribution in [-0.2, 0) is 10.2 Å². The summed E-state index contributed by atoms with van der Waals surface area (Å²) in [6, 6.07) is 4.72. The molecule has 1 aliphatic carbocycles. The summed E-state index contributed by atoms with van der Waals surface area (Å²) >= 11 is 0. The van der Waals surface area contributed by atoms with E-state index in [2.05, 4.69) is 32.9 Å². The van der Waals surface area contributed by atoms with Crippen molar-refractivity contribution in [1.29, 1.82) is 0 Å². The monoisotopic (exact) mass is 259 g/mol. The predicted octanol–water partition coefficient (Wildman–Crippen LogP) is 3.01. The summed E-state index contributed by atoms with van der Waals surface area (Å²) in [4.78, 5) is 0. The number of benzene rings is 1. The van der Waals surface area contributed by atoms with Gasteiger partial charge in [0.15, 0.2) is 0 Å². The molecule has 0 bridgehead atoms. The maximum Gasteiger partial charge on any atom is 0.0591 e. The lowest BCUT2D eigenvalue weighted by molar-refractivity contribution is -0.154. The van der Waals surface area contributed by atoms with Crippen LogP contribution in [-0.4, -0.2) is 19.8 Å². The molecule has 2 nitrogen and oxygen atoms in total. The van der Waals surface area contributed by atoms with E-state index in [1.165, 1.54) is 41.5 Å². The zero-order chi connectivity index (χ0) is 13.7. The van der Waals surface area contributed by atoms with Crippen molar-refractivity contribution in [2.45, 2.75) is 45.4 Å². The molecule has 0 spiro atoms. The first-order chi connectivity index (χ1) is 9.05. The lowest BCUT2D eigenvalue weighted by atomic mass is 9.49. The number of hydrogen-bond donors (Lipinski definition) is 1. The molecule has 0 unspecified atom stereocenters. The van der Waals surface area contributed by atoms with Crippen molar-refractivity contribution in [2.24, 2.45) is 11.1 Å². The lowest BCUT2D eigenvalue weighted by Gasteiger charge is -2.60. The molecule has 0 amide bonds. The summed E-state index contributed by atoms with van der Waals surface area (Å²) in [7, 11) is 0. The van der Waals surface area contributed by atoms with Crippen LogP contribution in [0.1, 0.15) is 41.5 Å². The van der Waals surface area contributed by atoms with Gasteiger partial charge in [-0.3, -0.25) is 0 Å². The van der Waals surface area contributed by atoms with Crippen LogP contribution in [0.2, 0.25) is 0 Å². The summed E-state index contributed by atoms with van der Waals surface area (Å²) in [6.45, 7) is 9.15. The van der Waals surface area contributed by atoms with Crippen molar-refractivity contribution in [2.75, 3.05) is 19.8 Å². The third-order valence-electron chi connectivity index (χ3n) is 5.77. The van der Waals surface area contributed by atoms with E-state index < -0.39 is 0 Å². The van der Waals surface area contributed by atoms with Crippen molar-refractivity contribution in [1.82, 2.24) is 0 Å². The molecule has 2 fully saturated rings. The Morgan fingerprint density at radius 3 is 2.11 bits per heavy atom. The quantitative estimate of drug-likeness (QED) is 0.905. The number of aryl methyl sites for hydroxylation is 3. The van der Waals surface area contributed by atoms with Gasteiger partial charge in [-0.05, 0) is 67.8 Å². The molecule has 1 saturated heterocycles. The van der Waals surface area contributed by atoms with Gasteiger partial charge in [0.2, 0.25) is 0 Å². The predicted molar refractivity (Wildman–Crippen MR) is 78.5 cm³/mol. The van der Waals surface area contributed by atoms with Gasteiger partial charge in [-0.1, -0.05) is 18.6 Å². The van der Waals surface area contributed by atoms with Crippen molar-refractivity contribution < 1.29 is 4.74 Å². The number of ether oxygens (including phenoxy) is 1. The van der Waals surface area contributed by atoms with Crippen LogP contribution in [0.4, 0.5) is 0 Å². The molecule has 0 aromatic heterocycles. The fourth-order valence-corrected chi connectivity index (χ4v) is 4.01. The molecule has 2 heteroatoms. The fourth-order valence-electron chi connectivity index (χ4n) is 4.01. The molecular formula is C17H25NO. The highest BCUT2D eigenvalue weighted by molar-refractivity contribution is 5.44. The number of nitrogens with two attached hydrogens (primary N) is 1. The molecular weight excluding hydrogens is 234 g/mol. The number of rotatable bonds is 3. The van der Waals surface area contributed by atoms with Crippen molar-refractivity contribution >= 4 is 0 Å². The van der Waals surface area contributed by atoms with Gasteiger partial charge >= 0.3 is 0 Å². The summed E-state index contributed by atoms with van der Waals surface area (Å²) < 4.78 is 5.65. The second-order valence-corrected chi connectivity index (χ2v) is 6.66. The Labute approximate surface area is 116 Å². The van der Waals surface area contributed by atoms with Crippen LogP contribution in [0.3, 0.4) is 0 Å². The summed E-state index contributed by atoms with van der Waals surface area (Å²) in [5.41, 5.74) is 12.3. The molecule has 1 aromatic rings. The molecule has 2 aliphatic rings. The Bertz CT molecular complexity index is 493. The van der Waals surface area contributed by atoms with Crippen molar-refractivity contribution in [3.05, 3.63) is 34.4 Å². The van der Waals surface area contributed by atoms with E-state index in [0.717, 1.165) is 19.8 Å². The summed E-state index contributed by atoms with van der Waals surface area (Å²) in [5, 5.41) is 0. The van der Waals surface area contributed by atoms with E-state index in [1.807, 2.05) is 0 Å². The maximum absolute atomic E-state index is 6.16. The molecule has 1 heterocycles. The van der Waals surface area contributed by atoms with Gasteiger partial charge < -0.3 is 10.5 Å². The lowest BCUT2D eigenvalue weighted by Crippen LogP contribution is -2.64. The van der Waals surface area contributed by atoms with Crippen LogP contribution in [0.5, 0.6) is 0 Å². The van der Waals surface area contributed by atoms with E-state index in [0.29, 0.717) is 0 Å². The first-order valence-electron chi connectivity index (χ1n) is 7.41. The highest BCUT2D eigenvalue weighted by Gasteiger charge is 2.59. The second-order valence-electron chi connectivity index (χ2n) is 6.66. The Hall–Kier alpha value is -0.860. The Kier molecular flexibility index (Phi) is 2.99. The Morgan fingerprint density at radius 1 is 1.05 bits per heavy atom. The van der Waals surface area contributed by atoms with Crippen LogP contribution in [0.25, 0.3) is 0 Å².